The van der Waals surface area contributed by atoms with Gasteiger partial charge in [-0.1, -0.05) is 44.8 Å². The molecule has 4 atom stereocenters. The number of allylic oxidation sites excluding steroid dienone is 2. The molecular weight excluding hydrogens is 296 g/mol. The molecule has 1 fully saturated rings. The fraction of sp³-hybridized carbons (Fsp3) is 0.889. The minimum Gasteiger partial charge on any atom is -0.388 e. The van der Waals surface area contributed by atoms with Crippen molar-refractivity contribution in [1.29, 1.82) is 0 Å². The largest absolute Gasteiger partial charge is 0.388 e. The lowest BCUT2D eigenvalue weighted by Gasteiger charge is -2.35. The molecular formula is C18H34O5. The summed E-state index contributed by atoms with van der Waals surface area (Å²) in [7, 11) is 0. The fourth-order valence-corrected chi connectivity index (χ4v) is 2.61. The summed E-state index contributed by atoms with van der Waals surface area (Å²) >= 11 is 0. The van der Waals surface area contributed by atoms with Crippen molar-refractivity contribution in [2.24, 2.45) is 0 Å². The smallest absolute Gasteiger partial charge is 0.111 e. The summed E-state index contributed by atoms with van der Waals surface area (Å²) in [6, 6.07) is 0. The molecule has 0 aromatic carbocycles. The Balaban J connectivity index is 1.90. The minimum absolute atomic E-state index is 0.0406. The summed E-state index contributed by atoms with van der Waals surface area (Å²) < 4.78 is 10.8. The maximum Gasteiger partial charge on any atom is 0.111 e. The highest BCUT2D eigenvalue weighted by Crippen LogP contribution is 2.16. The van der Waals surface area contributed by atoms with E-state index in [1.54, 1.807) is 0 Å². The number of rotatable bonds is 12. The molecule has 5 nitrogen and oxygen atoms in total. The molecule has 0 aromatic rings. The molecule has 0 aromatic heterocycles. The molecule has 0 bridgehead atoms. The zero-order valence-corrected chi connectivity index (χ0v) is 14.4. The summed E-state index contributed by atoms with van der Waals surface area (Å²) in [5, 5.41) is 28.7. The number of aliphatic hydroxyl groups is 3. The molecule has 0 saturated carbocycles. The Bertz CT molecular complexity index is 308. The summed E-state index contributed by atoms with van der Waals surface area (Å²) in [4.78, 5) is 0. The van der Waals surface area contributed by atoms with Gasteiger partial charge in [0.1, 0.15) is 24.4 Å². The van der Waals surface area contributed by atoms with E-state index in [1.807, 2.05) is 0 Å². The Morgan fingerprint density at radius 3 is 2.43 bits per heavy atom. The molecule has 5 heteroatoms. The Kier molecular flexibility index (Phi) is 11.5. The Labute approximate surface area is 140 Å². The third kappa shape index (κ3) is 8.82. The summed E-state index contributed by atoms with van der Waals surface area (Å²) in [5.41, 5.74) is 0. The van der Waals surface area contributed by atoms with Crippen LogP contribution in [0.3, 0.4) is 0 Å². The van der Waals surface area contributed by atoms with E-state index in [4.69, 9.17) is 9.47 Å². The highest BCUT2D eigenvalue weighted by atomic mass is 16.6. The number of aliphatic hydroxyl groups excluding tert-OH is 3. The van der Waals surface area contributed by atoms with Gasteiger partial charge in [-0.3, -0.25) is 0 Å². The van der Waals surface area contributed by atoms with Crippen LogP contribution < -0.4 is 0 Å². The number of unbranched alkanes of at least 4 members (excludes halogenated alkanes) is 6. The molecule has 1 heterocycles. The van der Waals surface area contributed by atoms with Gasteiger partial charge in [-0.15, -0.1) is 0 Å². The van der Waals surface area contributed by atoms with Crippen LogP contribution in [0.25, 0.3) is 0 Å². The van der Waals surface area contributed by atoms with E-state index in [9.17, 15) is 15.3 Å². The average molecular weight is 330 g/mol. The highest BCUT2D eigenvalue weighted by molar-refractivity contribution is 4.86. The molecule has 0 aliphatic carbocycles. The van der Waals surface area contributed by atoms with Crippen LogP contribution >= 0.6 is 0 Å². The standard InChI is InChI=1S/C18H34O5/c1-2-3-4-5-6-7-8-9-10-11-12-22-14-16-18(21)17(20)15(19)13-23-16/h4-5,15-21H,2-3,6-14H2,1H3/b5-4+/t15-,16+,17+,18+/m1/s1. The van der Waals surface area contributed by atoms with Gasteiger partial charge in [0.15, 0.2) is 0 Å². The predicted octanol–water partition coefficient (Wildman–Crippen LogP) is 2.18. The van der Waals surface area contributed by atoms with E-state index in [1.165, 1.54) is 38.5 Å². The molecule has 0 radical (unpaired) electrons. The van der Waals surface area contributed by atoms with Crippen molar-refractivity contribution in [3.63, 3.8) is 0 Å². The first-order valence-electron chi connectivity index (χ1n) is 9.05. The molecule has 1 rings (SSSR count). The normalized spacial score (nSPS) is 28.5. The zero-order chi connectivity index (χ0) is 16.9. The maximum absolute atomic E-state index is 9.76. The van der Waals surface area contributed by atoms with Crippen molar-refractivity contribution < 1.29 is 24.8 Å². The third-order valence-corrected chi connectivity index (χ3v) is 4.17. The van der Waals surface area contributed by atoms with Gasteiger partial charge in [0.2, 0.25) is 0 Å². The van der Waals surface area contributed by atoms with Gasteiger partial charge in [0.25, 0.3) is 0 Å². The lowest BCUT2D eigenvalue weighted by Crippen LogP contribution is -2.54. The molecule has 0 amide bonds. The fourth-order valence-electron chi connectivity index (χ4n) is 2.61. The quantitative estimate of drug-likeness (QED) is 0.377. The molecule has 0 spiro atoms. The lowest BCUT2D eigenvalue weighted by atomic mass is 10.0. The number of ether oxygens (including phenoxy) is 2. The maximum atomic E-state index is 9.76. The second-order valence-corrected chi connectivity index (χ2v) is 6.31. The molecule has 1 aliphatic heterocycles. The second kappa shape index (κ2) is 12.9. The van der Waals surface area contributed by atoms with E-state index in [0.29, 0.717) is 6.61 Å². The Morgan fingerprint density at radius 2 is 1.65 bits per heavy atom. The van der Waals surface area contributed by atoms with Gasteiger partial charge in [-0.05, 0) is 25.7 Å². The summed E-state index contributed by atoms with van der Waals surface area (Å²) in [6.07, 6.45) is 10.2. The van der Waals surface area contributed by atoms with Gasteiger partial charge < -0.3 is 24.8 Å². The van der Waals surface area contributed by atoms with Gasteiger partial charge >= 0.3 is 0 Å². The first-order valence-corrected chi connectivity index (χ1v) is 9.05. The van der Waals surface area contributed by atoms with E-state index >= 15 is 0 Å². The van der Waals surface area contributed by atoms with E-state index in [2.05, 4.69) is 19.1 Å². The third-order valence-electron chi connectivity index (χ3n) is 4.17. The van der Waals surface area contributed by atoms with E-state index in [0.717, 1.165) is 12.8 Å². The number of hydrogen-bond donors (Lipinski definition) is 3. The van der Waals surface area contributed by atoms with E-state index in [-0.39, 0.29) is 13.2 Å². The van der Waals surface area contributed by atoms with Crippen molar-refractivity contribution in [2.75, 3.05) is 19.8 Å². The molecule has 23 heavy (non-hydrogen) atoms. The van der Waals surface area contributed by atoms with Crippen molar-refractivity contribution >= 4 is 0 Å². The van der Waals surface area contributed by atoms with Crippen molar-refractivity contribution in [3.8, 4) is 0 Å². The summed E-state index contributed by atoms with van der Waals surface area (Å²) in [5.74, 6) is 0. The molecule has 1 saturated heterocycles. The van der Waals surface area contributed by atoms with Gasteiger partial charge in [0.05, 0.1) is 13.2 Å². The second-order valence-electron chi connectivity index (χ2n) is 6.31. The van der Waals surface area contributed by atoms with E-state index < -0.39 is 24.4 Å². The Morgan fingerprint density at radius 1 is 0.957 bits per heavy atom. The van der Waals surface area contributed by atoms with Crippen molar-refractivity contribution in [1.82, 2.24) is 0 Å². The highest BCUT2D eigenvalue weighted by Gasteiger charge is 2.37. The average Bonchev–Trinajstić information content (AvgIpc) is 2.55. The van der Waals surface area contributed by atoms with Crippen LogP contribution in [0, 0.1) is 0 Å². The van der Waals surface area contributed by atoms with Crippen LogP contribution in [0.5, 0.6) is 0 Å². The summed E-state index contributed by atoms with van der Waals surface area (Å²) in [6.45, 7) is 3.13. The zero-order valence-electron chi connectivity index (χ0n) is 14.4. The van der Waals surface area contributed by atoms with Crippen molar-refractivity contribution in [2.45, 2.75) is 82.7 Å². The van der Waals surface area contributed by atoms with Gasteiger partial charge in [-0.2, -0.15) is 0 Å². The first-order chi connectivity index (χ1) is 11.2. The van der Waals surface area contributed by atoms with Crippen molar-refractivity contribution in [3.05, 3.63) is 12.2 Å². The lowest BCUT2D eigenvalue weighted by molar-refractivity contribution is -0.199. The predicted molar refractivity (Wildman–Crippen MR) is 90.3 cm³/mol. The Hall–Kier alpha value is -0.460. The van der Waals surface area contributed by atoms with Crippen LogP contribution in [0.1, 0.15) is 58.3 Å². The van der Waals surface area contributed by atoms with Crippen LogP contribution in [0.4, 0.5) is 0 Å². The molecule has 136 valence electrons. The molecule has 3 N–H and O–H groups in total. The van der Waals surface area contributed by atoms with Gasteiger partial charge in [-0.25, -0.2) is 0 Å². The number of hydrogen-bond acceptors (Lipinski definition) is 5. The van der Waals surface area contributed by atoms with Crippen LogP contribution in [-0.4, -0.2) is 59.6 Å². The minimum atomic E-state index is -1.15. The topological polar surface area (TPSA) is 79.2 Å². The SMILES string of the molecule is CCC/C=C/CCCCCCCOC[C@@H]1OC[C@@H](O)[C@H](O)[C@H]1O. The van der Waals surface area contributed by atoms with Gasteiger partial charge in [0, 0.05) is 6.61 Å². The molecule has 0 unspecified atom stereocenters. The van der Waals surface area contributed by atoms with Crippen LogP contribution in [0.2, 0.25) is 0 Å². The van der Waals surface area contributed by atoms with Crippen LogP contribution in [0.15, 0.2) is 12.2 Å². The molecule has 1 aliphatic rings. The first kappa shape index (κ1) is 20.6. The monoisotopic (exact) mass is 330 g/mol. The van der Waals surface area contributed by atoms with Crippen LogP contribution in [-0.2, 0) is 9.47 Å².